The third-order valence-corrected chi connectivity index (χ3v) is 4.70. The fourth-order valence-electron chi connectivity index (χ4n) is 2.68. The molecule has 0 atom stereocenters. The summed E-state index contributed by atoms with van der Waals surface area (Å²) in [5, 5.41) is 7.57. The Morgan fingerprint density at radius 2 is 2.15 bits per heavy atom. The molecule has 1 aliphatic heterocycles. The van der Waals surface area contributed by atoms with Crippen molar-refractivity contribution in [2.24, 2.45) is 0 Å². The highest BCUT2D eigenvalue weighted by molar-refractivity contribution is 7.99. The maximum Gasteiger partial charge on any atom is 0.262 e. The van der Waals surface area contributed by atoms with E-state index < -0.39 is 0 Å². The maximum atomic E-state index is 12.5. The lowest BCUT2D eigenvalue weighted by molar-refractivity contribution is -0.118. The van der Waals surface area contributed by atoms with Crippen molar-refractivity contribution in [2.45, 2.75) is 19.0 Å². The topological polar surface area (TPSA) is 98.5 Å². The van der Waals surface area contributed by atoms with E-state index >= 15 is 0 Å². The van der Waals surface area contributed by atoms with Gasteiger partial charge in [-0.2, -0.15) is 4.98 Å². The second kappa shape index (κ2) is 6.41. The molecule has 8 nitrogen and oxygen atoms in total. The minimum Gasteiger partial charge on any atom is -0.482 e. The number of ether oxygens (including phenoxy) is 1. The van der Waals surface area contributed by atoms with Gasteiger partial charge < -0.3 is 10.1 Å². The van der Waals surface area contributed by atoms with E-state index in [0.29, 0.717) is 27.9 Å². The summed E-state index contributed by atoms with van der Waals surface area (Å²) in [7, 11) is 0. The Bertz CT molecular complexity index is 1050. The lowest BCUT2D eigenvalue weighted by atomic mass is 10.1. The molecule has 9 heteroatoms. The first-order valence-electron chi connectivity index (χ1n) is 7.93. The van der Waals surface area contributed by atoms with Crippen LogP contribution in [-0.2, 0) is 4.79 Å². The summed E-state index contributed by atoms with van der Waals surface area (Å²) >= 11 is 1.25. The average molecular weight is 369 g/mol. The lowest BCUT2D eigenvalue weighted by Gasteiger charge is -2.18. The third kappa shape index (κ3) is 3.13. The van der Waals surface area contributed by atoms with Crippen LogP contribution in [0.25, 0.3) is 5.78 Å². The van der Waals surface area contributed by atoms with Gasteiger partial charge in [0, 0.05) is 17.0 Å². The van der Waals surface area contributed by atoms with E-state index in [4.69, 9.17) is 4.74 Å². The highest BCUT2D eigenvalue weighted by atomic mass is 32.2. The molecule has 1 aromatic carbocycles. The zero-order valence-electron chi connectivity index (χ0n) is 14.1. The van der Waals surface area contributed by atoms with E-state index in [1.807, 2.05) is 19.9 Å². The number of amides is 1. The summed E-state index contributed by atoms with van der Waals surface area (Å²) in [6.07, 6.45) is 0. The van der Waals surface area contributed by atoms with Gasteiger partial charge in [0.1, 0.15) is 5.75 Å². The number of thioether (sulfide) groups is 1. The molecule has 0 radical (unpaired) electrons. The molecule has 1 aliphatic rings. The first-order valence-corrected chi connectivity index (χ1v) is 8.92. The van der Waals surface area contributed by atoms with Crippen LogP contribution in [0.1, 0.15) is 21.7 Å². The van der Waals surface area contributed by atoms with Gasteiger partial charge in [-0.15, -0.1) is 5.10 Å². The van der Waals surface area contributed by atoms with Crippen LogP contribution >= 0.6 is 11.8 Å². The minimum absolute atomic E-state index is 0.0113. The van der Waals surface area contributed by atoms with Gasteiger partial charge in [-0.3, -0.25) is 9.59 Å². The van der Waals surface area contributed by atoms with Crippen LogP contribution in [0.3, 0.4) is 0 Å². The Kier molecular flexibility index (Phi) is 4.08. The minimum atomic E-state index is -0.233. The van der Waals surface area contributed by atoms with Crippen LogP contribution in [0, 0.1) is 13.8 Å². The number of benzene rings is 1. The fourth-order valence-corrected chi connectivity index (χ4v) is 3.39. The number of hydrogen-bond acceptors (Lipinski definition) is 7. The number of anilines is 1. The summed E-state index contributed by atoms with van der Waals surface area (Å²) in [4.78, 5) is 32.6. The summed E-state index contributed by atoms with van der Waals surface area (Å²) in [5.74, 6) is 0.947. The third-order valence-electron chi connectivity index (χ3n) is 3.87. The van der Waals surface area contributed by atoms with Crippen molar-refractivity contribution in [3.05, 3.63) is 41.2 Å². The molecule has 0 fully saturated rings. The number of rotatable bonds is 4. The number of aromatic nitrogens is 4. The molecule has 132 valence electrons. The molecule has 3 aromatic rings. The van der Waals surface area contributed by atoms with Crippen LogP contribution in [0.5, 0.6) is 5.75 Å². The number of carbonyl (C=O) groups excluding carboxylic acids is 2. The molecule has 1 amide bonds. The summed E-state index contributed by atoms with van der Waals surface area (Å²) in [5.41, 5.74) is 2.81. The van der Waals surface area contributed by atoms with Gasteiger partial charge >= 0.3 is 0 Å². The number of ketones is 1. The van der Waals surface area contributed by atoms with Crippen molar-refractivity contribution in [3.63, 3.8) is 0 Å². The second-order valence-corrected chi connectivity index (χ2v) is 6.85. The smallest absolute Gasteiger partial charge is 0.262 e. The van der Waals surface area contributed by atoms with Crippen molar-refractivity contribution in [3.8, 4) is 5.75 Å². The van der Waals surface area contributed by atoms with Gasteiger partial charge in [0.2, 0.25) is 5.16 Å². The first kappa shape index (κ1) is 16.5. The lowest BCUT2D eigenvalue weighted by Crippen LogP contribution is -2.25. The van der Waals surface area contributed by atoms with Crippen molar-refractivity contribution >= 4 is 34.9 Å². The molecular formula is C17H15N5O3S. The summed E-state index contributed by atoms with van der Waals surface area (Å²) < 4.78 is 6.95. The molecule has 1 N–H and O–H groups in total. The molecule has 4 rings (SSSR count). The van der Waals surface area contributed by atoms with Crippen LogP contribution < -0.4 is 10.1 Å². The van der Waals surface area contributed by atoms with Gasteiger partial charge in [0.05, 0.1) is 11.4 Å². The predicted octanol–water partition coefficient (Wildman–Crippen LogP) is 2.05. The van der Waals surface area contributed by atoms with E-state index in [0.717, 1.165) is 11.4 Å². The zero-order chi connectivity index (χ0) is 18.3. The molecule has 2 aromatic heterocycles. The SMILES string of the molecule is Cc1cc(C)n2nc(SCC(=O)c3ccc4c(c3)NC(=O)CO4)nc2n1. The fraction of sp³-hybridized carbons (Fsp3) is 0.235. The number of nitrogens with one attached hydrogen (secondary N) is 1. The van der Waals surface area contributed by atoms with Crippen molar-refractivity contribution in [2.75, 3.05) is 17.7 Å². The number of carbonyl (C=O) groups is 2. The molecule has 0 spiro atoms. The van der Waals surface area contributed by atoms with Gasteiger partial charge in [-0.25, -0.2) is 9.50 Å². The molecule has 0 saturated heterocycles. The zero-order valence-corrected chi connectivity index (χ0v) is 15.0. The number of aryl methyl sites for hydroxylation is 2. The van der Waals surface area contributed by atoms with Crippen LogP contribution in [0.4, 0.5) is 5.69 Å². The van der Waals surface area contributed by atoms with E-state index in [1.54, 1.807) is 22.7 Å². The Hall–Kier alpha value is -2.94. The normalized spacial score (nSPS) is 13.2. The van der Waals surface area contributed by atoms with Gasteiger partial charge in [-0.1, -0.05) is 11.8 Å². The first-order chi connectivity index (χ1) is 12.5. The van der Waals surface area contributed by atoms with Gasteiger partial charge in [0.25, 0.3) is 11.7 Å². The Balaban J connectivity index is 1.50. The molecule has 3 heterocycles. The number of Topliss-reactive ketones (excluding diaryl/α,β-unsaturated/α-hetero) is 1. The predicted molar refractivity (Wildman–Crippen MR) is 95.9 cm³/mol. The number of nitrogens with zero attached hydrogens (tertiary/aromatic N) is 4. The van der Waals surface area contributed by atoms with E-state index in [9.17, 15) is 9.59 Å². The Labute approximate surface area is 153 Å². The average Bonchev–Trinajstić information content (AvgIpc) is 3.02. The quantitative estimate of drug-likeness (QED) is 0.555. The molecule has 0 unspecified atom stereocenters. The van der Waals surface area contributed by atoms with E-state index in [1.165, 1.54) is 11.8 Å². The molecule has 0 aliphatic carbocycles. The van der Waals surface area contributed by atoms with Crippen LogP contribution in [0.15, 0.2) is 29.4 Å². The van der Waals surface area contributed by atoms with Gasteiger partial charge in [-0.05, 0) is 38.1 Å². The molecule has 26 heavy (non-hydrogen) atoms. The number of hydrogen-bond donors (Lipinski definition) is 1. The van der Waals surface area contributed by atoms with Gasteiger partial charge in [0.15, 0.2) is 12.4 Å². The monoisotopic (exact) mass is 369 g/mol. The van der Waals surface area contributed by atoms with E-state index in [2.05, 4.69) is 20.4 Å². The number of fused-ring (bicyclic) bond motifs is 2. The Morgan fingerprint density at radius 1 is 1.31 bits per heavy atom. The van der Waals surface area contributed by atoms with Crippen LogP contribution in [-0.4, -0.2) is 43.6 Å². The maximum absolute atomic E-state index is 12.5. The Morgan fingerprint density at radius 3 is 3.00 bits per heavy atom. The van der Waals surface area contributed by atoms with E-state index in [-0.39, 0.29) is 24.1 Å². The van der Waals surface area contributed by atoms with Crippen molar-refractivity contribution in [1.82, 2.24) is 19.6 Å². The largest absolute Gasteiger partial charge is 0.482 e. The highest BCUT2D eigenvalue weighted by Crippen LogP contribution is 2.29. The molecule has 0 saturated carbocycles. The van der Waals surface area contributed by atoms with Crippen LogP contribution in [0.2, 0.25) is 0 Å². The molecular weight excluding hydrogens is 354 g/mol. The van der Waals surface area contributed by atoms with Crippen molar-refractivity contribution < 1.29 is 14.3 Å². The highest BCUT2D eigenvalue weighted by Gasteiger charge is 2.18. The summed E-state index contributed by atoms with van der Waals surface area (Å²) in [6, 6.07) is 6.92. The van der Waals surface area contributed by atoms with Crippen molar-refractivity contribution in [1.29, 1.82) is 0 Å². The molecule has 0 bridgehead atoms. The standard InChI is InChI=1S/C17H15N5O3S/c1-9-5-10(2)22-16(18-9)20-17(21-22)26-8-13(23)11-3-4-14-12(6-11)19-15(24)7-25-14/h3-6H,7-8H2,1-2H3,(H,19,24). The second-order valence-electron chi connectivity index (χ2n) is 5.90. The summed E-state index contributed by atoms with van der Waals surface area (Å²) in [6.45, 7) is 3.82.